The lowest BCUT2D eigenvalue weighted by atomic mass is 9.99. The van der Waals surface area contributed by atoms with Gasteiger partial charge in [-0.2, -0.15) is 0 Å². The maximum atomic E-state index is 12.9. The standard InChI is InChI=1S/C12H16BrF/c1-3-9(2)12(13)8-10-5-4-6-11(14)7-10/h4-7,9,12H,3,8H2,1-2H3. The van der Waals surface area contributed by atoms with Crippen LogP contribution in [-0.2, 0) is 6.42 Å². The van der Waals surface area contributed by atoms with E-state index in [4.69, 9.17) is 0 Å². The van der Waals surface area contributed by atoms with Gasteiger partial charge in [0, 0.05) is 4.83 Å². The van der Waals surface area contributed by atoms with E-state index in [1.807, 2.05) is 6.07 Å². The molecule has 2 atom stereocenters. The minimum Gasteiger partial charge on any atom is -0.207 e. The molecule has 14 heavy (non-hydrogen) atoms. The van der Waals surface area contributed by atoms with Crippen LogP contribution >= 0.6 is 15.9 Å². The highest BCUT2D eigenvalue weighted by molar-refractivity contribution is 9.09. The molecule has 0 heterocycles. The monoisotopic (exact) mass is 258 g/mol. The molecule has 2 unspecified atom stereocenters. The van der Waals surface area contributed by atoms with E-state index < -0.39 is 0 Å². The minimum atomic E-state index is -0.147. The highest BCUT2D eigenvalue weighted by atomic mass is 79.9. The highest BCUT2D eigenvalue weighted by Crippen LogP contribution is 2.20. The van der Waals surface area contributed by atoms with Gasteiger partial charge < -0.3 is 0 Å². The van der Waals surface area contributed by atoms with E-state index in [9.17, 15) is 4.39 Å². The number of hydrogen-bond acceptors (Lipinski definition) is 0. The summed E-state index contributed by atoms with van der Waals surface area (Å²) in [6, 6.07) is 6.83. The van der Waals surface area contributed by atoms with Crippen LogP contribution in [0, 0.1) is 11.7 Å². The Labute approximate surface area is 93.7 Å². The van der Waals surface area contributed by atoms with Gasteiger partial charge in [-0.25, -0.2) is 4.39 Å². The number of benzene rings is 1. The predicted octanol–water partition coefficient (Wildman–Crippen LogP) is 4.18. The van der Waals surface area contributed by atoms with E-state index in [1.165, 1.54) is 6.07 Å². The van der Waals surface area contributed by atoms with Crippen LogP contribution < -0.4 is 0 Å². The molecule has 0 amide bonds. The van der Waals surface area contributed by atoms with E-state index in [2.05, 4.69) is 29.8 Å². The van der Waals surface area contributed by atoms with Crippen molar-refractivity contribution in [3.63, 3.8) is 0 Å². The lowest BCUT2D eigenvalue weighted by Gasteiger charge is -2.16. The van der Waals surface area contributed by atoms with Crippen molar-refractivity contribution in [2.24, 2.45) is 5.92 Å². The molecule has 78 valence electrons. The molecule has 0 aliphatic carbocycles. The van der Waals surface area contributed by atoms with Gasteiger partial charge in [-0.1, -0.05) is 48.3 Å². The first-order valence-electron chi connectivity index (χ1n) is 5.02. The highest BCUT2D eigenvalue weighted by Gasteiger charge is 2.12. The third-order valence-electron chi connectivity index (χ3n) is 2.58. The summed E-state index contributed by atoms with van der Waals surface area (Å²) < 4.78 is 12.9. The summed E-state index contributed by atoms with van der Waals surface area (Å²) in [6.45, 7) is 4.38. The van der Waals surface area contributed by atoms with Crippen molar-refractivity contribution in [2.75, 3.05) is 0 Å². The van der Waals surface area contributed by atoms with Crippen LogP contribution in [0.15, 0.2) is 24.3 Å². The second-order valence-electron chi connectivity index (χ2n) is 3.74. The van der Waals surface area contributed by atoms with Crippen molar-refractivity contribution in [2.45, 2.75) is 31.5 Å². The third-order valence-corrected chi connectivity index (χ3v) is 3.81. The Hall–Kier alpha value is -0.370. The molecule has 2 heteroatoms. The van der Waals surface area contributed by atoms with Gasteiger partial charge in [-0.15, -0.1) is 0 Å². The second kappa shape index (κ2) is 5.50. The zero-order chi connectivity index (χ0) is 10.6. The number of hydrogen-bond donors (Lipinski definition) is 0. The zero-order valence-corrected chi connectivity index (χ0v) is 10.2. The lowest BCUT2D eigenvalue weighted by Crippen LogP contribution is -2.12. The van der Waals surface area contributed by atoms with Gasteiger partial charge in [0.1, 0.15) is 5.82 Å². The molecule has 0 bridgehead atoms. The van der Waals surface area contributed by atoms with Gasteiger partial charge in [0.2, 0.25) is 0 Å². The summed E-state index contributed by atoms with van der Waals surface area (Å²) in [7, 11) is 0. The Morgan fingerprint density at radius 1 is 1.43 bits per heavy atom. The summed E-state index contributed by atoms with van der Waals surface area (Å²) >= 11 is 3.64. The second-order valence-corrected chi connectivity index (χ2v) is 4.91. The summed E-state index contributed by atoms with van der Waals surface area (Å²) in [4.78, 5) is 0.439. The molecule has 0 aromatic heterocycles. The fraction of sp³-hybridized carbons (Fsp3) is 0.500. The van der Waals surface area contributed by atoms with Gasteiger partial charge in [0.25, 0.3) is 0 Å². The lowest BCUT2D eigenvalue weighted by molar-refractivity contribution is 0.536. The maximum Gasteiger partial charge on any atom is 0.123 e. The van der Waals surface area contributed by atoms with E-state index >= 15 is 0 Å². The molecular weight excluding hydrogens is 243 g/mol. The van der Waals surface area contributed by atoms with Crippen molar-refractivity contribution in [1.82, 2.24) is 0 Å². The molecule has 0 aliphatic rings. The third kappa shape index (κ3) is 3.41. The molecular formula is C12H16BrF. The van der Waals surface area contributed by atoms with Gasteiger partial charge in [-0.3, -0.25) is 0 Å². The summed E-state index contributed by atoms with van der Waals surface area (Å²) in [5.41, 5.74) is 1.06. The quantitative estimate of drug-likeness (QED) is 0.711. The Morgan fingerprint density at radius 2 is 2.14 bits per heavy atom. The van der Waals surface area contributed by atoms with Crippen LogP contribution in [0.25, 0.3) is 0 Å². The molecule has 0 N–H and O–H groups in total. The first-order chi connectivity index (χ1) is 6.63. The smallest absolute Gasteiger partial charge is 0.123 e. The largest absolute Gasteiger partial charge is 0.207 e. The van der Waals surface area contributed by atoms with Crippen molar-refractivity contribution >= 4 is 15.9 Å². The molecule has 0 nitrogen and oxygen atoms in total. The Kier molecular flexibility index (Phi) is 4.59. The van der Waals surface area contributed by atoms with E-state index in [0.29, 0.717) is 10.7 Å². The maximum absolute atomic E-state index is 12.9. The van der Waals surface area contributed by atoms with Crippen LogP contribution in [0.2, 0.25) is 0 Å². The van der Waals surface area contributed by atoms with Crippen LogP contribution in [-0.4, -0.2) is 4.83 Å². The molecule has 1 aromatic rings. The first-order valence-corrected chi connectivity index (χ1v) is 5.93. The van der Waals surface area contributed by atoms with Crippen molar-refractivity contribution < 1.29 is 4.39 Å². The van der Waals surface area contributed by atoms with Crippen molar-refractivity contribution in [3.8, 4) is 0 Å². The summed E-state index contributed by atoms with van der Waals surface area (Å²) in [5, 5.41) is 0. The number of alkyl halides is 1. The molecule has 0 saturated heterocycles. The SMILES string of the molecule is CCC(C)C(Br)Cc1cccc(F)c1. The normalized spacial score (nSPS) is 15.1. The van der Waals surface area contributed by atoms with E-state index in [-0.39, 0.29) is 5.82 Å². The average Bonchev–Trinajstić information content (AvgIpc) is 2.16. The number of halogens is 2. The van der Waals surface area contributed by atoms with Crippen LogP contribution in [0.4, 0.5) is 4.39 Å². The van der Waals surface area contributed by atoms with Crippen molar-refractivity contribution in [1.29, 1.82) is 0 Å². The molecule has 1 rings (SSSR count). The van der Waals surface area contributed by atoms with Crippen LogP contribution in [0.1, 0.15) is 25.8 Å². The molecule has 1 aromatic carbocycles. The fourth-order valence-corrected chi connectivity index (χ4v) is 2.09. The van der Waals surface area contributed by atoms with Crippen LogP contribution in [0.3, 0.4) is 0 Å². The summed E-state index contributed by atoms with van der Waals surface area (Å²) in [5.74, 6) is 0.476. The summed E-state index contributed by atoms with van der Waals surface area (Å²) in [6.07, 6.45) is 2.04. The van der Waals surface area contributed by atoms with Crippen LogP contribution in [0.5, 0.6) is 0 Å². The fourth-order valence-electron chi connectivity index (χ4n) is 1.35. The molecule has 0 fully saturated rings. The van der Waals surface area contributed by atoms with Crippen molar-refractivity contribution in [3.05, 3.63) is 35.6 Å². The molecule has 0 radical (unpaired) electrons. The topological polar surface area (TPSA) is 0 Å². The zero-order valence-electron chi connectivity index (χ0n) is 8.63. The minimum absolute atomic E-state index is 0.147. The number of rotatable bonds is 4. The van der Waals surface area contributed by atoms with Gasteiger partial charge in [0.15, 0.2) is 0 Å². The Bertz CT molecular complexity index is 285. The van der Waals surface area contributed by atoms with Gasteiger partial charge in [0.05, 0.1) is 0 Å². The Balaban J connectivity index is 2.60. The molecule has 0 saturated carbocycles. The van der Waals surface area contributed by atoms with E-state index in [0.717, 1.165) is 18.4 Å². The van der Waals surface area contributed by atoms with Gasteiger partial charge >= 0.3 is 0 Å². The molecule has 0 aliphatic heterocycles. The average molecular weight is 259 g/mol. The Morgan fingerprint density at radius 3 is 2.71 bits per heavy atom. The van der Waals surface area contributed by atoms with Gasteiger partial charge in [-0.05, 0) is 30.0 Å². The van der Waals surface area contributed by atoms with E-state index in [1.54, 1.807) is 12.1 Å². The first kappa shape index (κ1) is 11.7. The molecule has 0 spiro atoms. The predicted molar refractivity (Wildman–Crippen MR) is 62.3 cm³/mol.